The third-order valence-corrected chi connectivity index (χ3v) is 5.35. The zero-order valence-electron chi connectivity index (χ0n) is 15.1. The highest BCUT2D eigenvalue weighted by Crippen LogP contribution is 2.22. The molecule has 27 heavy (non-hydrogen) atoms. The van der Waals surface area contributed by atoms with Gasteiger partial charge >= 0.3 is 0 Å². The van der Waals surface area contributed by atoms with E-state index in [1.165, 1.54) is 4.90 Å². The van der Waals surface area contributed by atoms with Crippen molar-refractivity contribution in [3.8, 4) is 0 Å². The topological polar surface area (TPSA) is 36.8 Å². The number of benzene rings is 3. The lowest BCUT2D eigenvalue weighted by Gasteiger charge is -2.33. The van der Waals surface area contributed by atoms with Crippen LogP contribution in [0.25, 0.3) is 10.8 Å². The first-order valence-electron chi connectivity index (χ1n) is 9.31. The van der Waals surface area contributed by atoms with Gasteiger partial charge < -0.3 is 15.1 Å². The highest BCUT2D eigenvalue weighted by molar-refractivity contribution is 6.30. The molecule has 138 valence electrons. The fraction of sp³-hybridized carbons (Fsp3) is 0.227. The van der Waals surface area contributed by atoms with Crippen molar-refractivity contribution in [2.45, 2.75) is 0 Å². The molecular formula is C22H23ClN3O+. The monoisotopic (exact) mass is 380 g/mol. The minimum Gasteiger partial charge on any atom is -0.360 e. The lowest BCUT2D eigenvalue weighted by Crippen LogP contribution is -3.15. The van der Waals surface area contributed by atoms with Gasteiger partial charge in [0.25, 0.3) is 5.91 Å². The molecule has 5 heteroatoms. The molecule has 1 saturated heterocycles. The van der Waals surface area contributed by atoms with Crippen molar-refractivity contribution in [1.29, 1.82) is 0 Å². The summed E-state index contributed by atoms with van der Waals surface area (Å²) in [6, 6.07) is 22.1. The van der Waals surface area contributed by atoms with Gasteiger partial charge in [0.15, 0.2) is 6.54 Å². The molecule has 1 amide bonds. The van der Waals surface area contributed by atoms with Gasteiger partial charge in [-0.15, -0.1) is 0 Å². The molecule has 0 aromatic heterocycles. The number of piperazine rings is 1. The van der Waals surface area contributed by atoms with Crippen LogP contribution in [-0.4, -0.2) is 38.6 Å². The Labute approximate surface area is 164 Å². The Hall–Kier alpha value is -2.56. The summed E-state index contributed by atoms with van der Waals surface area (Å²) >= 11 is 6.10. The van der Waals surface area contributed by atoms with E-state index in [2.05, 4.69) is 28.4 Å². The molecule has 0 spiro atoms. The Morgan fingerprint density at radius 3 is 2.56 bits per heavy atom. The summed E-state index contributed by atoms with van der Waals surface area (Å²) in [5.41, 5.74) is 2.04. The van der Waals surface area contributed by atoms with E-state index in [1.54, 1.807) is 0 Å². The maximum Gasteiger partial charge on any atom is 0.279 e. The van der Waals surface area contributed by atoms with Crippen molar-refractivity contribution in [3.63, 3.8) is 0 Å². The molecule has 1 aliphatic heterocycles. The Kier molecular flexibility index (Phi) is 5.28. The van der Waals surface area contributed by atoms with Gasteiger partial charge in [0.05, 0.1) is 26.2 Å². The number of amides is 1. The second kappa shape index (κ2) is 7.99. The van der Waals surface area contributed by atoms with Crippen molar-refractivity contribution < 1.29 is 9.69 Å². The predicted octanol–water partition coefficient (Wildman–Crippen LogP) is 2.84. The Bertz CT molecular complexity index is 946. The number of halogens is 1. The molecule has 2 N–H and O–H groups in total. The minimum absolute atomic E-state index is 0.0672. The van der Waals surface area contributed by atoms with Crippen LogP contribution in [0.3, 0.4) is 0 Å². The van der Waals surface area contributed by atoms with Crippen LogP contribution in [0, 0.1) is 0 Å². The van der Waals surface area contributed by atoms with Crippen molar-refractivity contribution in [3.05, 3.63) is 71.8 Å². The van der Waals surface area contributed by atoms with Crippen LogP contribution in [0.1, 0.15) is 0 Å². The van der Waals surface area contributed by atoms with E-state index in [0.29, 0.717) is 6.54 Å². The predicted molar refractivity (Wildman–Crippen MR) is 112 cm³/mol. The zero-order chi connectivity index (χ0) is 18.6. The number of rotatable bonds is 4. The summed E-state index contributed by atoms with van der Waals surface area (Å²) in [6.45, 7) is 4.23. The number of nitrogens with zero attached hydrogens (tertiary/aromatic N) is 1. The molecule has 1 aliphatic rings. The van der Waals surface area contributed by atoms with Gasteiger partial charge in [-0.3, -0.25) is 4.79 Å². The summed E-state index contributed by atoms with van der Waals surface area (Å²) in [5, 5.41) is 6.07. The average molecular weight is 381 g/mol. The standard InChI is InChI=1S/C22H22ClN3O/c23-18-7-4-8-19(15-18)26-13-11-25(12-14-26)16-22(27)24-21-10-3-6-17-5-1-2-9-20(17)21/h1-10,15H,11-14,16H2,(H,24,27)/p+1. The molecule has 0 bridgehead atoms. The van der Waals surface area contributed by atoms with Crippen molar-refractivity contribution >= 4 is 39.7 Å². The van der Waals surface area contributed by atoms with E-state index < -0.39 is 0 Å². The first-order valence-corrected chi connectivity index (χ1v) is 9.68. The Morgan fingerprint density at radius 2 is 1.74 bits per heavy atom. The summed E-state index contributed by atoms with van der Waals surface area (Å²) < 4.78 is 0. The quantitative estimate of drug-likeness (QED) is 0.730. The van der Waals surface area contributed by atoms with Crippen molar-refractivity contribution in [2.75, 3.05) is 42.9 Å². The third-order valence-electron chi connectivity index (χ3n) is 5.12. The summed E-state index contributed by atoms with van der Waals surface area (Å²) in [4.78, 5) is 16.2. The molecule has 0 unspecified atom stereocenters. The van der Waals surface area contributed by atoms with Crippen LogP contribution in [0.2, 0.25) is 5.02 Å². The van der Waals surface area contributed by atoms with E-state index in [4.69, 9.17) is 11.6 Å². The second-order valence-corrected chi connectivity index (χ2v) is 7.41. The van der Waals surface area contributed by atoms with Gasteiger partial charge in [-0.1, -0.05) is 54.1 Å². The molecule has 1 heterocycles. The Morgan fingerprint density at radius 1 is 1.00 bits per heavy atom. The Balaban J connectivity index is 1.34. The maximum atomic E-state index is 12.6. The molecular weight excluding hydrogens is 358 g/mol. The molecule has 3 aromatic carbocycles. The number of quaternary nitrogens is 1. The lowest BCUT2D eigenvalue weighted by atomic mass is 10.1. The van der Waals surface area contributed by atoms with E-state index in [1.807, 2.05) is 48.5 Å². The number of anilines is 2. The highest BCUT2D eigenvalue weighted by atomic mass is 35.5. The van der Waals surface area contributed by atoms with Crippen LogP contribution >= 0.6 is 11.6 Å². The molecule has 4 rings (SSSR count). The molecule has 0 aliphatic carbocycles. The van der Waals surface area contributed by atoms with Gasteiger partial charge in [0.1, 0.15) is 0 Å². The highest BCUT2D eigenvalue weighted by Gasteiger charge is 2.22. The third kappa shape index (κ3) is 4.24. The fourth-order valence-electron chi connectivity index (χ4n) is 3.69. The number of carbonyl (C=O) groups excluding carboxylic acids is 1. The van der Waals surface area contributed by atoms with E-state index in [0.717, 1.165) is 53.3 Å². The average Bonchev–Trinajstić information content (AvgIpc) is 2.69. The molecule has 3 aromatic rings. The smallest absolute Gasteiger partial charge is 0.279 e. The summed E-state index contributed by atoms with van der Waals surface area (Å²) in [5.74, 6) is 0.0672. The van der Waals surface area contributed by atoms with Gasteiger partial charge in [-0.05, 0) is 29.7 Å². The van der Waals surface area contributed by atoms with E-state index >= 15 is 0 Å². The maximum absolute atomic E-state index is 12.6. The van der Waals surface area contributed by atoms with Gasteiger partial charge in [-0.25, -0.2) is 0 Å². The molecule has 1 fully saturated rings. The molecule has 4 nitrogen and oxygen atoms in total. The van der Waals surface area contributed by atoms with Crippen LogP contribution in [0.15, 0.2) is 66.7 Å². The van der Waals surface area contributed by atoms with Crippen LogP contribution in [-0.2, 0) is 4.79 Å². The summed E-state index contributed by atoms with van der Waals surface area (Å²) in [6.07, 6.45) is 0. The van der Waals surface area contributed by atoms with Crippen molar-refractivity contribution in [2.24, 2.45) is 0 Å². The number of carbonyl (C=O) groups is 1. The largest absolute Gasteiger partial charge is 0.360 e. The lowest BCUT2D eigenvalue weighted by molar-refractivity contribution is -0.892. The normalized spacial score (nSPS) is 15.1. The van der Waals surface area contributed by atoms with Crippen LogP contribution < -0.4 is 15.1 Å². The SMILES string of the molecule is O=C(C[NH+]1CCN(c2cccc(Cl)c2)CC1)Nc1cccc2ccccc12. The first kappa shape index (κ1) is 17.8. The zero-order valence-corrected chi connectivity index (χ0v) is 15.9. The number of hydrogen-bond donors (Lipinski definition) is 2. The molecule has 0 atom stereocenters. The number of fused-ring (bicyclic) bond motifs is 1. The summed E-state index contributed by atoms with van der Waals surface area (Å²) in [7, 11) is 0. The van der Waals surface area contributed by atoms with Gasteiger partial charge in [0, 0.05) is 21.8 Å². The minimum atomic E-state index is 0.0672. The van der Waals surface area contributed by atoms with Gasteiger partial charge in [0.2, 0.25) is 0 Å². The molecule has 0 radical (unpaired) electrons. The number of hydrogen-bond acceptors (Lipinski definition) is 2. The fourth-order valence-corrected chi connectivity index (χ4v) is 3.87. The van der Waals surface area contributed by atoms with Crippen molar-refractivity contribution in [1.82, 2.24) is 0 Å². The molecule has 0 saturated carbocycles. The van der Waals surface area contributed by atoms with E-state index in [-0.39, 0.29) is 5.91 Å². The van der Waals surface area contributed by atoms with Crippen LogP contribution in [0.4, 0.5) is 11.4 Å². The van der Waals surface area contributed by atoms with Gasteiger partial charge in [-0.2, -0.15) is 0 Å². The van der Waals surface area contributed by atoms with E-state index in [9.17, 15) is 4.79 Å². The second-order valence-electron chi connectivity index (χ2n) is 6.97. The number of nitrogens with one attached hydrogen (secondary N) is 2. The van der Waals surface area contributed by atoms with Crippen LogP contribution in [0.5, 0.6) is 0 Å². The first-order chi connectivity index (χ1) is 13.2.